The summed E-state index contributed by atoms with van der Waals surface area (Å²) in [6.07, 6.45) is 0.635. The summed E-state index contributed by atoms with van der Waals surface area (Å²) in [6, 6.07) is 31.8. The van der Waals surface area contributed by atoms with Gasteiger partial charge in [-0.05, 0) is 60.0 Å². The molecule has 3 N–H and O–H groups in total. The van der Waals surface area contributed by atoms with Crippen LogP contribution < -0.4 is 19.7 Å². The molecule has 4 rings (SSSR count). The van der Waals surface area contributed by atoms with Crippen LogP contribution in [0.25, 0.3) is 0 Å². The van der Waals surface area contributed by atoms with Gasteiger partial charge < -0.3 is 20.5 Å². The minimum atomic E-state index is -3.68. The second-order valence-electron chi connectivity index (χ2n) is 9.73. The fraction of sp³-hybridized carbons (Fsp3) is 0.219. The van der Waals surface area contributed by atoms with Crippen LogP contribution in [-0.4, -0.2) is 51.5 Å². The number of carbonyl (C=O) groups excluding carboxylic acids is 1. The van der Waals surface area contributed by atoms with Crippen molar-refractivity contribution >= 4 is 27.3 Å². The van der Waals surface area contributed by atoms with E-state index in [2.05, 4.69) is 10.6 Å². The van der Waals surface area contributed by atoms with Crippen molar-refractivity contribution in [2.75, 3.05) is 24.2 Å². The van der Waals surface area contributed by atoms with Crippen LogP contribution in [0.5, 0.6) is 5.75 Å². The molecular weight excluding hydrogens is 538 g/mol. The third-order valence-corrected chi connectivity index (χ3v) is 7.65. The lowest BCUT2D eigenvalue weighted by Crippen LogP contribution is -2.48. The first-order valence-corrected chi connectivity index (χ1v) is 15.1. The molecule has 41 heavy (non-hydrogen) atoms. The van der Waals surface area contributed by atoms with Gasteiger partial charge in [0.05, 0.1) is 36.9 Å². The number of amides is 1. The SMILES string of the molecule is COc1cccc(CNC[C@@H](O)[C@H](Cc2ccccc2)NC(=O)c2cccc(N(c3ccccc3)S(C)(=O)=O)c2)c1. The van der Waals surface area contributed by atoms with Crippen molar-refractivity contribution in [2.45, 2.75) is 25.1 Å². The normalized spacial score (nSPS) is 12.8. The molecule has 8 nitrogen and oxygen atoms in total. The Hall–Kier alpha value is -4.18. The van der Waals surface area contributed by atoms with Crippen LogP contribution in [0.4, 0.5) is 11.4 Å². The predicted octanol–water partition coefficient (Wildman–Crippen LogP) is 4.28. The number of carbonyl (C=O) groups is 1. The van der Waals surface area contributed by atoms with Crippen molar-refractivity contribution in [3.05, 3.63) is 126 Å². The smallest absolute Gasteiger partial charge is 0.251 e. The van der Waals surface area contributed by atoms with E-state index in [1.165, 1.54) is 10.4 Å². The highest BCUT2D eigenvalue weighted by atomic mass is 32.2. The number of nitrogens with one attached hydrogen (secondary N) is 2. The van der Waals surface area contributed by atoms with Gasteiger partial charge in [0.25, 0.3) is 5.91 Å². The molecule has 0 saturated heterocycles. The predicted molar refractivity (Wildman–Crippen MR) is 162 cm³/mol. The highest BCUT2D eigenvalue weighted by Gasteiger charge is 2.24. The van der Waals surface area contributed by atoms with Crippen LogP contribution in [-0.2, 0) is 23.0 Å². The minimum Gasteiger partial charge on any atom is -0.497 e. The first kappa shape index (κ1) is 29.8. The fourth-order valence-electron chi connectivity index (χ4n) is 4.56. The molecule has 2 atom stereocenters. The number of para-hydroxylation sites is 1. The van der Waals surface area contributed by atoms with Gasteiger partial charge in [0.1, 0.15) is 5.75 Å². The Bertz CT molecular complexity index is 1530. The Morgan fingerprint density at radius 3 is 2.17 bits per heavy atom. The van der Waals surface area contributed by atoms with Crippen molar-refractivity contribution in [3.63, 3.8) is 0 Å². The highest BCUT2D eigenvalue weighted by Crippen LogP contribution is 2.29. The molecule has 214 valence electrons. The highest BCUT2D eigenvalue weighted by molar-refractivity contribution is 7.92. The number of ether oxygens (including phenoxy) is 1. The number of anilines is 2. The minimum absolute atomic E-state index is 0.241. The number of methoxy groups -OCH3 is 1. The number of nitrogens with zero attached hydrogens (tertiary/aromatic N) is 1. The van der Waals surface area contributed by atoms with E-state index in [9.17, 15) is 18.3 Å². The number of aliphatic hydroxyl groups is 1. The number of hydrogen-bond donors (Lipinski definition) is 3. The Morgan fingerprint density at radius 2 is 1.49 bits per heavy atom. The van der Waals surface area contributed by atoms with E-state index in [0.29, 0.717) is 24.3 Å². The van der Waals surface area contributed by atoms with E-state index in [1.807, 2.05) is 54.6 Å². The zero-order valence-electron chi connectivity index (χ0n) is 23.1. The average Bonchev–Trinajstić information content (AvgIpc) is 2.97. The third-order valence-electron chi connectivity index (χ3n) is 6.56. The lowest BCUT2D eigenvalue weighted by molar-refractivity contribution is 0.0830. The summed E-state index contributed by atoms with van der Waals surface area (Å²) in [6.45, 7) is 0.758. The molecule has 4 aromatic rings. The van der Waals surface area contributed by atoms with Gasteiger partial charge in [-0.2, -0.15) is 0 Å². The van der Waals surface area contributed by atoms with Crippen LogP contribution in [0.15, 0.2) is 109 Å². The monoisotopic (exact) mass is 573 g/mol. The van der Waals surface area contributed by atoms with Crippen LogP contribution in [0, 0.1) is 0 Å². The maximum Gasteiger partial charge on any atom is 0.251 e. The number of benzene rings is 4. The summed E-state index contributed by atoms with van der Waals surface area (Å²) in [5, 5.41) is 17.4. The van der Waals surface area contributed by atoms with Crippen molar-refractivity contribution in [2.24, 2.45) is 0 Å². The molecule has 0 aromatic heterocycles. The zero-order chi connectivity index (χ0) is 29.2. The molecule has 0 fully saturated rings. The van der Waals surface area contributed by atoms with E-state index in [4.69, 9.17) is 4.74 Å². The number of aliphatic hydroxyl groups excluding tert-OH is 1. The first-order valence-electron chi connectivity index (χ1n) is 13.3. The van der Waals surface area contributed by atoms with Crippen molar-refractivity contribution < 1.29 is 23.1 Å². The van der Waals surface area contributed by atoms with Gasteiger partial charge in [-0.15, -0.1) is 0 Å². The summed E-state index contributed by atoms with van der Waals surface area (Å²) < 4.78 is 31.9. The fourth-order valence-corrected chi connectivity index (χ4v) is 5.56. The van der Waals surface area contributed by atoms with E-state index in [1.54, 1.807) is 55.6 Å². The Balaban J connectivity index is 1.51. The lowest BCUT2D eigenvalue weighted by Gasteiger charge is -2.26. The molecule has 0 heterocycles. The molecule has 0 spiro atoms. The summed E-state index contributed by atoms with van der Waals surface area (Å²) in [5.74, 6) is 0.337. The van der Waals surface area contributed by atoms with E-state index >= 15 is 0 Å². The van der Waals surface area contributed by atoms with Crippen LogP contribution >= 0.6 is 0 Å². The van der Waals surface area contributed by atoms with Gasteiger partial charge in [0.2, 0.25) is 10.0 Å². The number of rotatable bonds is 13. The lowest BCUT2D eigenvalue weighted by atomic mass is 10.00. The quantitative estimate of drug-likeness (QED) is 0.220. The molecule has 0 radical (unpaired) electrons. The van der Waals surface area contributed by atoms with Crippen LogP contribution in [0.3, 0.4) is 0 Å². The number of sulfonamides is 1. The Morgan fingerprint density at radius 1 is 0.854 bits per heavy atom. The van der Waals surface area contributed by atoms with Gasteiger partial charge in [-0.3, -0.25) is 4.79 Å². The molecule has 4 aromatic carbocycles. The van der Waals surface area contributed by atoms with Crippen LogP contribution in [0.1, 0.15) is 21.5 Å². The summed E-state index contributed by atoms with van der Waals surface area (Å²) in [5.41, 5.74) is 3.05. The van der Waals surface area contributed by atoms with Gasteiger partial charge in [0, 0.05) is 18.7 Å². The second-order valence-corrected chi connectivity index (χ2v) is 11.6. The molecule has 0 aliphatic rings. The maximum atomic E-state index is 13.5. The molecular formula is C32H35N3O5S. The van der Waals surface area contributed by atoms with Gasteiger partial charge in [-0.1, -0.05) is 66.7 Å². The Kier molecular flexibility index (Phi) is 10.1. The largest absolute Gasteiger partial charge is 0.497 e. The number of hydrogen-bond acceptors (Lipinski definition) is 6. The standard InChI is InChI=1S/C32H35N3O5S/c1-40-29-18-9-13-25(19-29)22-33-23-31(36)30(20-24-11-5-3-6-12-24)34-32(37)26-14-10-17-28(21-26)35(41(2,38)39)27-15-7-4-8-16-27/h3-19,21,30-31,33,36H,20,22-23H2,1-2H3,(H,34,37)/t30-,31+/m0/s1. The molecule has 0 aliphatic heterocycles. The summed E-state index contributed by atoms with van der Waals surface area (Å²) >= 11 is 0. The first-order chi connectivity index (χ1) is 19.7. The maximum absolute atomic E-state index is 13.5. The third kappa shape index (κ3) is 8.40. The van der Waals surface area contributed by atoms with Crippen LogP contribution in [0.2, 0.25) is 0 Å². The summed E-state index contributed by atoms with van der Waals surface area (Å²) in [4.78, 5) is 13.5. The Labute approximate surface area is 241 Å². The molecule has 1 amide bonds. The zero-order valence-corrected chi connectivity index (χ0v) is 23.9. The summed E-state index contributed by atoms with van der Waals surface area (Å²) in [7, 11) is -2.07. The van der Waals surface area contributed by atoms with Gasteiger partial charge in [0.15, 0.2) is 0 Å². The van der Waals surface area contributed by atoms with Crippen molar-refractivity contribution in [3.8, 4) is 5.75 Å². The van der Waals surface area contributed by atoms with E-state index < -0.39 is 28.1 Å². The van der Waals surface area contributed by atoms with E-state index in [-0.39, 0.29) is 12.1 Å². The second kappa shape index (κ2) is 13.9. The topological polar surface area (TPSA) is 108 Å². The van der Waals surface area contributed by atoms with E-state index in [0.717, 1.165) is 23.1 Å². The van der Waals surface area contributed by atoms with Gasteiger partial charge in [-0.25, -0.2) is 12.7 Å². The average molecular weight is 574 g/mol. The molecule has 0 aliphatic carbocycles. The van der Waals surface area contributed by atoms with Gasteiger partial charge >= 0.3 is 0 Å². The molecule has 0 saturated carbocycles. The molecule has 9 heteroatoms. The van der Waals surface area contributed by atoms with Crippen molar-refractivity contribution in [1.82, 2.24) is 10.6 Å². The molecule has 0 bridgehead atoms. The van der Waals surface area contributed by atoms with Crippen molar-refractivity contribution in [1.29, 1.82) is 0 Å². The molecule has 0 unspecified atom stereocenters.